The first-order valence-electron chi connectivity index (χ1n) is 7.84. The largest absolute Gasteiger partial charge is 0.497 e. The third kappa shape index (κ3) is 3.71. The fourth-order valence-electron chi connectivity index (χ4n) is 2.62. The maximum absolute atomic E-state index is 5.33. The van der Waals surface area contributed by atoms with Crippen molar-refractivity contribution >= 4 is 0 Å². The van der Waals surface area contributed by atoms with Crippen LogP contribution < -0.4 is 18.6 Å². The molecule has 0 fully saturated rings. The van der Waals surface area contributed by atoms with E-state index >= 15 is 0 Å². The van der Waals surface area contributed by atoms with E-state index in [0.29, 0.717) is 0 Å². The van der Waals surface area contributed by atoms with E-state index < -0.39 is 0 Å². The van der Waals surface area contributed by atoms with Gasteiger partial charge in [0.05, 0.1) is 14.2 Å². The van der Waals surface area contributed by atoms with E-state index in [-0.39, 0.29) is 0 Å². The van der Waals surface area contributed by atoms with Crippen molar-refractivity contribution in [1.82, 2.24) is 0 Å². The van der Waals surface area contributed by atoms with Crippen molar-refractivity contribution < 1.29 is 18.6 Å². The van der Waals surface area contributed by atoms with Crippen LogP contribution in [0.3, 0.4) is 0 Å². The Balaban J connectivity index is 1.80. The van der Waals surface area contributed by atoms with Gasteiger partial charge < -0.3 is 9.47 Å². The monoisotopic (exact) mass is 322 g/mol. The number of methoxy groups -OCH3 is 2. The molecule has 0 bridgehead atoms. The molecule has 0 aliphatic carbocycles. The van der Waals surface area contributed by atoms with Crippen LogP contribution in [0.1, 0.15) is 5.56 Å². The number of hydrogen-bond donors (Lipinski definition) is 0. The minimum Gasteiger partial charge on any atom is -0.497 e. The number of aromatic nitrogens is 2. The molecule has 0 aliphatic heterocycles. The average Bonchev–Trinajstić information content (AvgIpc) is 2.62. The number of benzene rings is 1. The van der Waals surface area contributed by atoms with Crippen molar-refractivity contribution in [3.63, 3.8) is 0 Å². The molecule has 122 valence electrons. The molecule has 0 N–H and O–H groups in total. The summed E-state index contributed by atoms with van der Waals surface area (Å²) in [5, 5.41) is 0. The van der Waals surface area contributed by atoms with Gasteiger partial charge in [-0.1, -0.05) is 0 Å². The van der Waals surface area contributed by atoms with E-state index in [0.717, 1.165) is 23.6 Å². The number of ether oxygens (including phenoxy) is 2. The third-order valence-electron chi connectivity index (χ3n) is 3.98. The Kier molecular flexibility index (Phi) is 4.75. The molecule has 1 aromatic carbocycles. The lowest BCUT2D eigenvalue weighted by Gasteiger charge is -2.07. The summed E-state index contributed by atoms with van der Waals surface area (Å²) in [4.78, 5) is 0. The van der Waals surface area contributed by atoms with E-state index in [2.05, 4.69) is 53.6 Å². The summed E-state index contributed by atoms with van der Waals surface area (Å²) in [7, 11) is 5.35. The summed E-state index contributed by atoms with van der Waals surface area (Å²) in [5.74, 6) is 1.61. The van der Waals surface area contributed by atoms with Gasteiger partial charge in [-0.3, -0.25) is 0 Å². The van der Waals surface area contributed by atoms with E-state index in [9.17, 15) is 0 Å². The molecular weight excluding hydrogens is 300 g/mol. The van der Waals surface area contributed by atoms with Gasteiger partial charge in [0.2, 0.25) is 0 Å². The molecule has 0 radical (unpaired) electrons. The number of rotatable bonds is 5. The molecule has 0 saturated heterocycles. The fourth-order valence-corrected chi connectivity index (χ4v) is 2.62. The van der Waals surface area contributed by atoms with Crippen molar-refractivity contribution in [2.45, 2.75) is 6.54 Å². The standard InChI is InChI=1S/C20H22N2O2/c1-21-8-4-17(5-9-21)18-6-10-22(11-7-18)15-16-12-19(23-2)14-20(13-16)24-3/h4-14H,15H2,1-3H3/q+2. The molecule has 0 spiro atoms. The number of pyridine rings is 2. The number of aryl methyl sites for hydroxylation is 1. The predicted octanol–water partition coefficient (Wildman–Crippen LogP) is 2.53. The highest BCUT2D eigenvalue weighted by molar-refractivity contribution is 5.60. The molecule has 3 aromatic rings. The van der Waals surface area contributed by atoms with Gasteiger partial charge in [-0.2, -0.15) is 0 Å². The van der Waals surface area contributed by atoms with E-state index in [1.165, 1.54) is 11.1 Å². The maximum Gasteiger partial charge on any atom is 0.174 e. The maximum atomic E-state index is 5.33. The van der Waals surface area contributed by atoms with Gasteiger partial charge in [0.1, 0.15) is 18.5 Å². The fraction of sp³-hybridized carbons (Fsp3) is 0.200. The van der Waals surface area contributed by atoms with Crippen molar-refractivity contribution in [2.75, 3.05) is 14.2 Å². The van der Waals surface area contributed by atoms with Gasteiger partial charge in [-0.15, -0.1) is 0 Å². The summed E-state index contributed by atoms with van der Waals surface area (Å²) in [5.41, 5.74) is 3.55. The number of nitrogens with zero attached hydrogens (tertiary/aromatic N) is 2. The van der Waals surface area contributed by atoms with Crippen LogP contribution in [0.2, 0.25) is 0 Å². The zero-order valence-corrected chi connectivity index (χ0v) is 14.3. The minimum absolute atomic E-state index is 0.761. The van der Waals surface area contributed by atoms with Crippen molar-refractivity contribution in [1.29, 1.82) is 0 Å². The van der Waals surface area contributed by atoms with Crippen molar-refractivity contribution in [2.24, 2.45) is 7.05 Å². The molecule has 4 heteroatoms. The molecule has 4 nitrogen and oxygen atoms in total. The molecule has 2 heterocycles. The topological polar surface area (TPSA) is 26.2 Å². The van der Waals surface area contributed by atoms with Crippen LogP contribution in [0, 0.1) is 0 Å². The molecule has 0 saturated carbocycles. The number of hydrogen-bond acceptors (Lipinski definition) is 2. The van der Waals surface area contributed by atoms with Gasteiger partial charge in [-0.05, 0) is 23.3 Å². The van der Waals surface area contributed by atoms with Crippen LogP contribution in [-0.2, 0) is 13.6 Å². The third-order valence-corrected chi connectivity index (χ3v) is 3.98. The zero-order chi connectivity index (χ0) is 16.9. The summed E-state index contributed by atoms with van der Waals surface area (Å²) in [6.45, 7) is 0.761. The smallest absolute Gasteiger partial charge is 0.174 e. The molecule has 0 aliphatic rings. The van der Waals surface area contributed by atoms with Crippen LogP contribution >= 0.6 is 0 Å². The summed E-state index contributed by atoms with van der Waals surface area (Å²) < 4.78 is 14.8. The Morgan fingerprint density at radius 2 is 1.25 bits per heavy atom. The Hall–Kier alpha value is -2.88. The molecule has 3 rings (SSSR count). The molecule has 0 unspecified atom stereocenters. The summed E-state index contributed by atoms with van der Waals surface area (Å²) in [6, 6.07) is 14.4. The van der Waals surface area contributed by atoms with Crippen LogP contribution in [0.15, 0.2) is 67.3 Å². The second-order valence-electron chi connectivity index (χ2n) is 5.73. The Morgan fingerprint density at radius 3 is 1.75 bits per heavy atom. The Labute approximate surface area is 142 Å². The average molecular weight is 322 g/mol. The lowest BCUT2D eigenvalue weighted by atomic mass is 10.1. The van der Waals surface area contributed by atoms with Crippen LogP contribution in [0.5, 0.6) is 11.5 Å². The first-order chi connectivity index (χ1) is 11.7. The molecule has 24 heavy (non-hydrogen) atoms. The second-order valence-corrected chi connectivity index (χ2v) is 5.73. The normalized spacial score (nSPS) is 10.5. The van der Waals surface area contributed by atoms with Crippen LogP contribution in [0.25, 0.3) is 11.1 Å². The highest BCUT2D eigenvalue weighted by atomic mass is 16.5. The zero-order valence-electron chi connectivity index (χ0n) is 14.3. The summed E-state index contributed by atoms with van der Waals surface area (Å²) in [6.07, 6.45) is 8.29. The van der Waals surface area contributed by atoms with Crippen molar-refractivity contribution in [3.8, 4) is 22.6 Å². The molecule has 0 atom stereocenters. The molecule has 0 amide bonds. The predicted molar refractivity (Wildman–Crippen MR) is 91.9 cm³/mol. The van der Waals surface area contributed by atoms with Gasteiger partial charge in [-0.25, -0.2) is 9.13 Å². The first kappa shape index (κ1) is 16.0. The van der Waals surface area contributed by atoms with Gasteiger partial charge in [0, 0.05) is 35.9 Å². The lowest BCUT2D eigenvalue weighted by molar-refractivity contribution is -0.688. The SMILES string of the molecule is COc1cc(C[n+]2ccc(-c3cc[n+](C)cc3)cc2)cc(OC)c1. The lowest BCUT2D eigenvalue weighted by Crippen LogP contribution is -2.33. The van der Waals surface area contributed by atoms with E-state index in [1.807, 2.05) is 29.8 Å². The second kappa shape index (κ2) is 7.13. The van der Waals surface area contributed by atoms with Gasteiger partial charge in [0.15, 0.2) is 31.3 Å². The van der Waals surface area contributed by atoms with E-state index in [4.69, 9.17) is 9.47 Å². The first-order valence-corrected chi connectivity index (χ1v) is 7.84. The summed E-state index contributed by atoms with van der Waals surface area (Å²) >= 11 is 0. The Bertz CT molecular complexity index is 790. The van der Waals surface area contributed by atoms with Crippen molar-refractivity contribution in [3.05, 3.63) is 72.8 Å². The Morgan fingerprint density at radius 1 is 0.750 bits per heavy atom. The highest BCUT2D eigenvalue weighted by Crippen LogP contribution is 2.22. The molecule has 2 aromatic heterocycles. The van der Waals surface area contributed by atoms with Crippen LogP contribution in [-0.4, -0.2) is 14.2 Å². The van der Waals surface area contributed by atoms with Gasteiger partial charge in [0.25, 0.3) is 0 Å². The van der Waals surface area contributed by atoms with Gasteiger partial charge >= 0.3 is 0 Å². The van der Waals surface area contributed by atoms with Crippen LogP contribution in [0.4, 0.5) is 0 Å². The quantitative estimate of drug-likeness (QED) is 0.675. The molecular formula is C20H22N2O2+2. The van der Waals surface area contributed by atoms with E-state index in [1.54, 1.807) is 14.2 Å². The highest BCUT2D eigenvalue weighted by Gasteiger charge is 2.08. The minimum atomic E-state index is 0.761.